The number of methoxy groups -OCH3 is 1. The molecule has 3 rings (SSSR count). The van der Waals surface area contributed by atoms with Gasteiger partial charge in [-0.2, -0.15) is 0 Å². The average Bonchev–Trinajstić information content (AvgIpc) is 3.04. The molecule has 0 aliphatic carbocycles. The number of ether oxygens (including phenoxy) is 1. The molecular weight excluding hydrogens is 334 g/mol. The quantitative estimate of drug-likeness (QED) is 0.741. The molecule has 3 aromatic rings. The van der Waals surface area contributed by atoms with Crippen LogP contribution < -0.4 is 5.32 Å². The van der Waals surface area contributed by atoms with Crippen LogP contribution >= 0.6 is 22.7 Å². The van der Waals surface area contributed by atoms with Crippen LogP contribution in [0.5, 0.6) is 0 Å². The predicted octanol–water partition coefficient (Wildman–Crippen LogP) is 3.34. The third kappa shape index (κ3) is 2.83. The molecule has 0 radical (unpaired) electrons. The van der Waals surface area contributed by atoms with Crippen LogP contribution in [-0.4, -0.2) is 36.2 Å². The average molecular weight is 349 g/mol. The van der Waals surface area contributed by atoms with Crippen LogP contribution in [0.4, 0.5) is 0 Å². The molecule has 1 unspecified atom stereocenters. The number of carboxylic acids is 1. The molecule has 0 saturated heterocycles. The number of fused-ring (bicyclic) bond motifs is 3. The van der Waals surface area contributed by atoms with Gasteiger partial charge in [0.05, 0.1) is 16.2 Å². The largest absolute Gasteiger partial charge is 0.479 e. The molecule has 0 bridgehead atoms. The third-order valence-corrected chi connectivity index (χ3v) is 5.98. The van der Waals surface area contributed by atoms with E-state index in [9.17, 15) is 14.7 Å². The van der Waals surface area contributed by atoms with Crippen molar-refractivity contribution < 1.29 is 19.4 Å². The van der Waals surface area contributed by atoms with Gasteiger partial charge in [-0.3, -0.25) is 4.79 Å². The maximum atomic E-state index is 12.4. The van der Waals surface area contributed by atoms with E-state index >= 15 is 0 Å². The van der Waals surface area contributed by atoms with Crippen molar-refractivity contribution in [1.82, 2.24) is 5.32 Å². The fraction of sp³-hybridized carbons (Fsp3) is 0.250. The minimum Gasteiger partial charge on any atom is -0.479 e. The fourth-order valence-electron chi connectivity index (χ4n) is 2.36. The van der Waals surface area contributed by atoms with Gasteiger partial charge < -0.3 is 15.2 Å². The topological polar surface area (TPSA) is 75.6 Å². The Morgan fingerprint density at radius 2 is 2.00 bits per heavy atom. The van der Waals surface area contributed by atoms with Gasteiger partial charge >= 0.3 is 5.97 Å². The van der Waals surface area contributed by atoms with E-state index in [1.807, 2.05) is 30.3 Å². The van der Waals surface area contributed by atoms with Crippen LogP contribution in [0.15, 0.2) is 30.3 Å². The van der Waals surface area contributed by atoms with Crippen molar-refractivity contribution in [2.24, 2.45) is 0 Å². The molecular formula is C16H15NO4S2. The van der Waals surface area contributed by atoms with Crippen LogP contribution in [0.1, 0.15) is 16.6 Å². The van der Waals surface area contributed by atoms with Crippen LogP contribution in [0.25, 0.3) is 19.5 Å². The highest BCUT2D eigenvalue weighted by molar-refractivity contribution is 7.33. The van der Waals surface area contributed by atoms with E-state index in [0.29, 0.717) is 4.88 Å². The van der Waals surface area contributed by atoms with Crippen molar-refractivity contribution in [3.8, 4) is 0 Å². The predicted molar refractivity (Wildman–Crippen MR) is 92.6 cm³/mol. The van der Waals surface area contributed by atoms with E-state index in [1.54, 1.807) is 11.3 Å². The number of nitrogens with one attached hydrogen (secondary N) is 1. The number of hydrogen-bond donors (Lipinski definition) is 2. The summed E-state index contributed by atoms with van der Waals surface area (Å²) in [7, 11) is 1.40. The molecule has 1 amide bonds. The van der Waals surface area contributed by atoms with Crippen LogP contribution in [-0.2, 0) is 9.53 Å². The zero-order valence-electron chi connectivity index (χ0n) is 12.6. The lowest BCUT2D eigenvalue weighted by molar-refractivity contribution is -0.145. The van der Waals surface area contributed by atoms with E-state index in [2.05, 4.69) is 5.32 Å². The summed E-state index contributed by atoms with van der Waals surface area (Å²) in [5.74, 6) is -1.53. The number of carbonyl (C=O) groups excluding carboxylic acids is 1. The van der Waals surface area contributed by atoms with E-state index in [-0.39, 0.29) is 6.61 Å². The molecule has 1 aromatic carbocycles. The lowest BCUT2D eigenvalue weighted by Gasteiger charge is -2.24. The first-order chi connectivity index (χ1) is 10.9. The molecule has 23 heavy (non-hydrogen) atoms. The Morgan fingerprint density at radius 1 is 1.26 bits per heavy atom. The Hall–Kier alpha value is -1.96. The number of thiophene rings is 2. The Morgan fingerprint density at radius 3 is 2.70 bits per heavy atom. The van der Waals surface area contributed by atoms with Gasteiger partial charge in [0.15, 0.2) is 5.54 Å². The number of benzene rings is 1. The standard InChI is InChI=1S/C16H15NO4S2/c1-16(8-21-2,15(19)20)17-14(18)12-7-11-13(23-12)9-5-3-4-6-10(9)22-11/h3-7H,8H2,1-2H3,(H,17,18)(H,19,20). The highest BCUT2D eigenvalue weighted by Gasteiger charge is 2.35. The number of amides is 1. The zero-order valence-corrected chi connectivity index (χ0v) is 14.2. The molecule has 120 valence electrons. The molecule has 2 aromatic heterocycles. The molecule has 0 saturated carbocycles. The summed E-state index contributed by atoms with van der Waals surface area (Å²) < 4.78 is 8.18. The van der Waals surface area contributed by atoms with Crippen molar-refractivity contribution in [1.29, 1.82) is 0 Å². The third-order valence-electron chi connectivity index (χ3n) is 3.57. The number of carboxylic acid groups (broad SMARTS) is 1. The molecule has 1 atom stereocenters. The van der Waals surface area contributed by atoms with Gasteiger partial charge in [-0.25, -0.2) is 4.79 Å². The summed E-state index contributed by atoms with van der Waals surface area (Å²) in [6.07, 6.45) is 0. The smallest absolute Gasteiger partial charge is 0.331 e. The van der Waals surface area contributed by atoms with Gasteiger partial charge in [-0.05, 0) is 19.1 Å². The normalized spacial score (nSPS) is 14.0. The molecule has 0 aliphatic heterocycles. The van der Waals surface area contributed by atoms with E-state index in [0.717, 1.165) is 14.8 Å². The number of carbonyl (C=O) groups is 2. The zero-order chi connectivity index (χ0) is 16.6. The second-order valence-corrected chi connectivity index (χ2v) is 7.56. The van der Waals surface area contributed by atoms with Crippen LogP contribution in [0, 0.1) is 0 Å². The summed E-state index contributed by atoms with van der Waals surface area (Å²) >= 11 is 3.00. The summed E-state index contributed by atoms with van der Waals surface area (Å²) in [5, 5.41) is 13.0. The minimum absolute atomic E-state index is 0.100. The van der Waals surface area contributed by atoms with Crippen molar-refractivity contribution in [2.45, 2.75) is 12.5 Å². The van der Waals surface area contributed by atoms with Crippen LogP contribution in [0.2, 0.25) is 0 Å². The number of aliphatic carboxylic acids is 1. The number of hydrogen-bond acceptors (Lipinski definition) is 5. The van der Waals surface area contributed by atoms with Gasteiger partial charge in [-0.1, -0.05) is 18.2 Å². The fourth-order valence-corrected chi connectivity index (χ4v) is 4.78. The second kappa shape index (κ2) is 5.92. The van der Waals surface area contributed by atoms with E-state index < -0.39 is 17.4 Å². The van der Waals surface area contributed by atoms with E-state index in [4.69, 9.17) is 4.74 Å². The van der Waals surface area contributed by atoms with Gasteiger partial charge in [0.25, 0.3) is 5.91 Å². The van der Waals surface area contributed by atoms with E-state index in [1.165, 1.54) is 30.1 Å². The number of rotatable bonds is 5. The van der Waals surface area contributed by atoms with Crippen molar-refractivity contribution >= 4 is 54.0 Å². The lowest BCUT2D eigenvalue weighted by Crippen LogP contribution is -2.55. The summed E-state index contributed by atoms with van der Waals surface area (Å²) in [6.45, 7) is 1.33. The molecule has 7 heteroatoms. The SMILES string of the molecule is COCC(C)(NC(=O)c1cc2sc3ccccc3c2s1)C(=O)O. The molecule has 2 heterocycles. The summed E-state index contributed by atoms with van der Waals surface area (Å²) in [5.41, 5.74) is -1.45. The molecule has 5 nitrogen and oxygen atoms in total. The maximum absolute atomic E-state index is 12.4. The first-order valence-electron chi connectivity index (χ1n) is 6.90. The maximum Gasteiger partial charge on any atom is 0.331 e. The first-order valence-corrected chi connectivity index (χ1v) is 8.54. The Labute approximate surface area is 140 Å². The van der Waals surface area contributed by atoms with Gasteiger partial charge in [0.1, 0.15) is 0 Å². The summed E-state index contributed by atoms with van der Waals surface area (Å²) in [4.78, 5) is 24.3. The van der Waals surface area contributed by atoms with Crippen LogP contribution in [0.3, 0.4) is 0 Å². The first kappa shape index (κ1) is 15.9. The molecule has 0 fully saturated rings. The Balaban J connectivity index is 1.93. The van der Waals surface area contributed by atoms with Crippen molar-refractivity contribution in [3.05, 3.63) is 35.2 Å². The van der Waals surface area contributed by atoms with Gasteiger partial charge in [0, 0.05) is 21.9 Å². The molecule has 0 spiro atoms. The monoisotopic (exact) mass is 349 g/mol. The highest BCUT2D eigenvalue weighted by atomic mass is 32.1. The second-order valence-electron chi connectivity index (χ2n) is 5.43. The molecule has 0 aliphatic rings. The lowest BCUT2D eigenvalue weighted by atomic mass is 10.0. The van der Waals surface area contributed by atoms with Crippen molar-refractivity contribution in [2.75, 3.05) is 13.7 Å². The summed E-state index contributed by atoms with van der Waals surface area (Å²) in [6, 6.07) is 9.84. The Kier molecular flexibility index (Phi) is 4.09. The minimum atomic E-state index is -1.45. The Bertz CT molecular complexity index is 898. The van der Waals surface area contributed by atoms with Gasteiger partial charge in [0.2, 0.25) is 0 Å². The molecule has 2 N–H and O–H groups in total. The van der Waals surface area contributed by atoms with Gasteiger partial charge in [-0.15, -0.1) is 22.7 Å². The van der Waals surface area contributed by atoms with Crippen molar-refractivity contribution in [3.63, 3.8) is 0 Å². The highest BCUT2D eigenvalue weighted by Crippen LogP contribution is 2.39.